The van der Waals surface area contributed by atoms with Gasteiger partial charge in [0.15, 0.2) is 5.60 Å². The molecule has 1 N–H and O–H groups in total. The standard InChI is InChI=1S/C32H50O5/c1-19(2)17-21-18-32(35,27(34)37-21)23-11-15-30(7)22(23)9-10-25-29(6)14-13-26(36-20(3)33)28(4,5)24(29)12-16-31(25,30)8/h17,21-26,35H,9-16,18H2,1-8H3/t21-,22+,23-,24-,25+,26-,29-,30+,31+,32?/m0/s1. The van der Waals surface area contributed by atoms with Crippen molar-refractivity contribution in [2.75, 3.05) is 0 Å². The van der Waals surface area contributed by atoms with Gasteiger partial charge >= 0.3 is 11.9 Å². The van der Waals surface area contributed by atoms with Crippen LogP contribution in [0.2, 0.25) is 0 Å². The lowest BCUT2D eigenvalue weighted by Crippen LogP contribution is -2.64. The maximum absolute atomic E-state index is 13.1. The van der Waals surface area contributed by atoms with E-state index in [-0.39, 0.29) is 45.8 Å². The van der Waals surface area contributed by atoms with E-state index in [2.05, 4.69) is 34.6 Å². The molecule has 5 fully saturated rings. The van der Waals surface area contributed by atoms with Gasteiger partial charge in [0.1, 0.15) is 12.2 Å². The van der Waals surface area contributed by atoms with Gasteiger partial charge in [0.2, 0.25) is 0 Å². The highest BCUT2D eigenvalue weighted by Gasteiger charge is 2.71. The third kappa shape index (κ3) is 3.72. The zero-order chi connectivity index (χ0) is 27.2. The summed E-state index contributed by atoms with van der Waals surface area (Å²) in [6.07, 6.45) is 10.6. The first-order valence-electron chi connectivity index (χ1n) is 14.9. The van der Waals surface area contributed by atoms with Crippen molar-refractivity contribution in [2.24, 2.45) is 45.3 Å². The van der Waals surface area contributed by atoms with Gasteiger partial charge in [-0.15, -0.1) is 0 Å². The first-order valence-corrected chi connectivity index (χ1v) is 14.9. The Hall–Kier alpha value is -1.36. The van der Waals surface area contributed by atoms with Crippen LogP contribution in [0.4, 0.5) is 0 Å². The number of carbonyl (C=O) groups excluding carboxylic acids is 2. The molecule has 0 aromatic rings. The van der Waals surface area contributed by atoms with Crippen LogP contribution in [0.15, 0.2) is 11.6 Å². The fourth-order valence-corrected chi connectivity index (χ4v) is 11.1. The highest BCUT2D eigenvalue weighted by Crippen LogP contribution is 2.76. The minimum Gasteiger partial charge on any atom is -0.462 e. The molecule has 5 nitrogen and oxygen atoms in total. The summed E-state index contributed by atoms with van der Waals surface area (Å²) in [5, 5.41) is 11.8. The molecular formula is C32H50O5. The molecule has 208 valence electrons. The second-order valence-corrected chi connectivity index (χ2v) is 15.1. The van der Waals surface area contributed by atoms with Crippen molar-refractivity contribution in [1.29, 1.82) is 0 Å². The fourth-order valence-electron chi connectivity index (χ4n) is 11.1. The molecule has 5 rings (SSSR count). The van der Waals surface area contributed by atoms with Crippen molar-refractivity contribution >= 4 is 11.9 Å². The Bertz CT molecular complexity index is 995. The number of carbonyl (C=O) groups is 2. The first kappa shape index (κ1) is 27.2. The molecule has 1 unspecified atom stereocenters. The molecule has 1 aliphatic heterocycles. The van der Waals surface area contributed by atoms with Crippen molar-refractivity contribution in [3.05, 3.63) is 11.6 Å². The van der Waals surface area contributed by atoms with Crippen molar-refractivity contribution < 1.29 is 24.2 Å². The molecule has 0 radical (unpaired) electrons. The largest absolute Gasteiger partial charge is 0.462 e. The fraction of sp³-hybridized carbons (Fsp3) is 0.875. The third-order valence-corrected chi connectivity index (χ3v) is 12.9. The smallest absolute Gasteiger partial charge is 0.339 e. The second-order valence-electron chi connectivity index (χ2n) is 15.1. The first-order chi connectivity index (χ1) is 17.1. The summed E-state index contributed by atoms with van der Waals surface area (Å²) >= 11 is 0. The van der Waals surface area contributed by atoms with Gasteiger partial charge in [-0.1, -0.05) is 40.2 Å². The molecule has 0 bridgehead atoms. The van der Waals surface area contributed by atoms with E-state index in [1.807, 2.05) is 19.9 Å². The third-order valence-electron chi connectivity index (χ3n) is 12.9. The van der Waals surface area contributed by atoms with Crippen molar-refractivity contribution in [3.63, 3.8) is 0 Å². The quantitative estimate of drug-likeness (QED) is 0.339. The molecule has 1 heterocycles. The summed E-state index contributed by atoms with van der Waals surface area (Å²) in [5.74, 6) is 0.856. The predicted molar refractivity (Wildman–Crippen MR) is 143 cm³/mol. The highest BCUT2D eigenvalue weighted by molar-refractivity contribution is 5.82. The van der Waals surface area contributed by atoms with Gasteiger partial charge in [-0.2, -0.15) is 0 Å². The van der Waals surface area contributed by atoms with E-state index < -0.39 is 11.6 Å². The van der Waals surface area contributed by atoms with Crippen molar-refractivity contribution in [1.82, 2.24) is 0 Å². The Morgan fingerprint density at radius 1 is 0.892 bits per heavy atom. The number of esters is 2. The Morgan fingerprint density at radius 3 is 2.22 bits per heavy atom. The Labute approximate surface area is 224 Å². The van der Waals surface area contributed by atoms with E-state index in [9.17, 15) is 14.7 Å². The zero-order valence-electron chi connectivity index (χ0n) is 24.5. The maximum Gasteiger partial charge on any atom is 0.339 e. The van der Waals surface area contributed by atoms with Gasteiger partial charge in [0, 0.05) is 24.7 Å². The van der Waals surface area contributed by atoms with Gasteiger partial charge in [0.25, 0.3) is 0 Å². The molecule has 37 heavy (non-hydrogen) atoms. The lowest BCUT2D eigenvalue weighted by Gasteiger charge is -2.70. The summed E-state index contributed by atoms with van der Waals surface area (Å²) in [5.41, 5.74) is 0.167. The van der Waals surface area contributed by atoms with E-state index in [1.165, 1.54) is 6.92 Å². The molecule has 1 saturated heterocycles. The number of ether oxygens (including phenoxy) is 2. The second kappa shape index (κ2) is 8.57. The van der Waals surface area contributed by atoms with Gasteiger partial charge in [-0.3, -0.25) is 4.79 Å². The molecule has 5 aliphatic rings. The predicted octanol–water partition coefficient (Wildman–Crippen LogP) is 6.62. The van der Waals surface area contributed by atoms with E-state index >= 15 is 0 Å². The van der Waals surface area contributed by atoms with E-state index in [0.29, 0.717) is 24.2 Å². The normalized spacial score (nSPS) is 50.4. The molecule has 4 aliphatic carbocycles. The Balaban J connectivity index is 1.43. The summed E-state index contributed by atoms with van der Waals surface area (Å²) in [6, 6.07) is 0. The number of hydrogen-bond acceptors (Lipinski definition) is 5. The molecule has 0 spiro atoms. The van der Waals surface area contributed by atoms with Crippen LogP contribution in [0.5, 0.6) is 0 Å². The van der Waals surface area contributed by atoms with E-state index in [0.717, 1.165) is 56.9 Å². The van der Waals surface area contributed by atoms with Crippen LogP contribution in [-0.2, 0) is 19.1 Å². The average molecular weight is 515 g/mol. The Morgan fingerprint density at radius 2 is 1.57 bits per heavy atom. The number of rotatable bonds is 3. The van der Waals surface area contributed by atoms with E-state index in [4.69, 9.17) is 9.47 Å². The van der Waals surface area contributed by atoms with Crippen LogP contribution in [-0.4, -0.2) is 34.9 Å². The number of fused-ring (bicyclic) bond motifs is 5. The molecule has 10 atom stereocenters. The maximum atomic E-state index is 13.1. The van der Waals surface area contributed by atoms with Gasteiger partial charge in [-0.25, -0.2) is 4.79 Å². The molecule has 0 amide bonds. The molecule has 4 saturated carbocycles. The van der Waals surface area contributed by atoms with Crippen LogP contribution in [0.1, 0.15) is 113 Å². The monoisotopic (exact) mass is 514 g/mol. The topological polar surface area (TPSA) is 72.8 Å². The summed E-state index contributed by atoms with van der Waals surface area (Å²) < 4.78 is 11.6. The number of allylic oxidation sites excluding steroid dienone is 1. The summed E-state index contributed by atoms with van der Waals surface area (Å²) in [6.45, 7) is 17.8. The van der Waals surface area contributed by atoms with Gasteiger partial charge in [-0.05, 0) is 105 Å². The summed E-state index contributed by atoms with van der Waals surface area (Å²) in [4.78, 5) is 25.0. The average Bonchev–Trinajstić information content (AvgIpc) is 3.27. The van der Waals surface area contributed by atoms with Gasteiger partial charge < -0.3 is 14.6 Å². The van der Waals surface area contributed by atoms with Crippen LogP contribution < -0.4 is 0 Å². The minimum atomic E-state index is -1.37. The van der Waals surface area contributed by atoms with Crippen molar-refractivity contribution in [3.8, 4) is 0 Å². The van der Waals surface area contributed by atoms with Crippen LogP contribution in [0, 0.1) is 45.3 Å². The number of hydrogen-bond donors (Lipinski definition) is 1. The van der Waals surface area contributed by atoms with Gasteiger partial charge in [0.05, 0.1) is 0 Å². The zero-order valence-corrected chi connectivity index (χ0v) is 24.5. The minimum absolute atomic E-state index is 0.00778. The lowest BCUT2D eigenvalue weighted by atomic mass is 9.35. The van der Waals surface area contributed by atoms with Crippen LogP contribution >= 0.6 is 0 Å². The number of cyclic esters (lactones) is 1. The van der Waals surface area contributed by atoms with Crippen LogP contribution in [0.25, 0.3) is 0 Å². The highest BCUT2D eigenvalue weighted by atomic mass is 16.6. The molecule has 0 aromatic carbocycles. The molecule has 5 heteroatoms. The summed E-state index contributed by atoms with van der Waals surface area (Å²) in [7, 11) is 0. The molecule has 0 aromatic heterocycles. The van der Waals surface area contributed by atoms with E-state index in [1.54, 1.807) is 0 Å². The SMILES string of the molecule is CC(=O)O[C@H]1CC[C@]2(C)[C@H]3CC[C@@H]4[C@@H](C5(O)C[C@H](C=C(C)C)OC5=O)CC[C@@]4(C)[C@]3(C)CC[C@H]2C1(C)C. The number of aliphatic hydroxyl groups is 1. The Kier molecular flexibility index (Phi) is 6.30. The molecular weight excluding hydrogens is 464 g/mol. The van der Waals surface area contributed by atoms with Crippen molar-refractivity contribution in [2.45, 2.75) is 131 Å². The van der Waals surface area contributed by atoms with Crippen LogP contribution in [0.3, 0.4) is 0 Å². The lowest BCUT2D eigenvalue weighted by molar-refractivity contribution is -0.229.